The highest BCUT2D eigenvalue weighted by Gasteiger charge is 2.15. The van der Waals surface area contributed by atoms with Gasteiger partial charge in [0, 0.05) is 35.6 Å². The highest BCUT2D eigenvalue weighted by molar-refractivity contribution is 9.10. The maximum Gasteiger partial charge on any atom is 0.271 e. The third-order valence-electron chi connectivity index (χ3n) is 4.68. The minimum absolute atomic E-state index is 0.148. The predicted molar refractivity (Wildman–Crippen MR) is 132 cm³/mol. The van der Waals surface area contributed by atoms with Crippen LogP contribution in [0.5, 0.6) is 0 Å². The van der Waals surface area contributed by atoms with Crippen molar-refractivity contribution in [2.75, 3.05) is 11.9 Å². The Morgan fingerprint density at radius 1 is 1.12 bits per heavy atom. The second-order valence-corrected chi connectivity index (χ2v) is 9.29. The van der Waals surface area contributed by atoms with Crippen LogP contribution in [0.15, 0.2) is 58.3 Å². The monoisotopic (exact) mass is 532 g/mol. The van der Waals surface area contributed by atoms with Gasteiger partial charge in [-0.25, -0.2) is 9.97 Å². The predicted octanol–water partition coefficient (Wildman–Crippen LogP) is 5.56. The maximum absolute atomic E-state index is 12.6. The molecule has 0 aliphatic carbocycles. The summed E-state index contributed by atoms with van der Waals surface area (Å²) in [5.41, 5.74) is 4.19. The molecule has 0 aliphatic rings. The number of rotatable bonds is 8. The summed E-state index contributed by atoms with van der Waals surface area (Å²) in [5, 5.41) is 6.72. The number of halogens is 2. The Morgan fingerprint density at radius 2 is 1.91 bits per heavy atom. The number of aryl methyl sites for hydroxylation is 2. The molecule has 0 fully saturated rings. The van der Waals surface area contributed by atoms with E-state index in [0.717, 1.165) is 22.4 Å². The molecule has 3 aromatic rings. The van der Waals surface area contributed by atoms with E-state index in [2.05, 4.69) is 36.5 Å². The highest BCUT2D eigenvalue weighted by atomic mass is 79.9. The van der Waals surface area contributed by atoms with Crippen LogP contribution < -0.4 is 10.6 Å². The second kappa shape index (κ2) is 11.4. The lowest BCUT2D eigenvalue weighted by atomic mass is 10.1. The first-order valence-electron chi connectivity index (χ1n) is 9.87. The van der Waals surface area contributed by atoms with Crippen molar-refractivity contribution < 1.29 is 9.59 Å². The number of amides is 2. The summed E-state index contributed by atoms with van der Waals surface area (Å²) in [6.45, 7) is 4.20. The van der Waals surface area contributed by atoms with Gasteiger partial charge in [-0.2, -0.15) is 0 Å². The Hall–Kier alpha value is -2.42. The molecule has 0 atom stereocenters. The van der Waals surface area contributed by atoms with Gasteiger partial charge < -0.3 is 10.6 Å². The summed E-state index contributed by atoms with van der Waals surface area (Å²) >= 11 is 10.9. The van der Waals surface area contributed by atoms with Gasteiger partial charge in [-0.1, -0.05) is 47.6 Å². The van der Waals surface area contributed by atoms with Gasteiger partial charge >= 0.3 is 0 Å². The van der Waals surface area contributed by atoms with Crippen molar-refractivity contribution in [3.63, 3.8) is 0 Å². The molecule has 2 aromatic carbocycles. The first-order valence-corrected chi connectivity index (χ1v) is 12.0. The molecule has 0 radical (unpaired) electrons. The largest absolute Gasteiger partial charge is 0.350 e. The molecular formula is C23H22BrClN4O2S. The van der Waals surface area contributed by atoms with Crippen molar-refractivity contribution >= 4 is 56.8 Å². The highest BCUT2D eigenvalue weighted by Crippen LogP contribution is 2.25. The SMILES string of the molecule is Cc1ccc(NC(=O)CCNC(=O)c2nc(SCc3ccccc3Cl)ncc2Br)cc1C. The van der Waals surface area contributed by atoms with E-state index in [0.29, 0.717) is 20.4 Å². The maximum atomic E-state index is 12.6. The number of thioether (sulfide) groups is 1. The van der Waals surface area contributed by atoms with Gasteiger partial charge in [0.1, 0.15) is 5.69 Å². The van der Waals surface area contributed by atoms with Crippen LogP contribution in [0.1, 0.15) is 33.6 Å². The van der Waals surface area contributed by atoms with Crippen LogP contribution in [-0.4, -0.2) is 28.3 Å². The Morgan fingerprint density at radius 3 is 2.66 bits per heavy atom. The number of anilines is 1. The van der Waals surface area contributed by atoms with Crippen LogP contribution in [0, 0.1) is 13.8 Å². The topological polar surface area (TPSA) is 84.0 Å². The molecule has 0 unspecified atom stereocenters. The van der Waals surface area contributed by atoms with Crippen molar-refractivity contribution in [2.45, 2.75) is 31.2 Å². The lowest BCUT2D eigenvalue weighted by Crippen LogP contribution is -2.28. The molecule has 0 aliphatic heterocycles. The number of carbonyl (C=O) groups excluding carboxylic acids is 2. The van der Waals surface area contributed by atoms with Crippen molar-refractivity contribution in [1.29, 1.82) is 0 Å². The zero-order valence-corrected chi connectivity index (χ0v) is 20.8. The van der Waals surface area contributed by atoms with E-state index in [1.54, 1.807) is 6.20 Å². The summed E-state index contributed by atoms with van der Waals surface area (Å²) in [6.07, 6.45) is 1.69. The Bertz CT molecular complexity index is 1140. The number of carbonyl (C=O) groups is 2. The van der Waals surface area contributed by atoms with E-state index in [4.69, 9.17) is 11.6 Å². The standard InChI is InChI=1S/C23H22BrClN4O2S/c1-14-7-8-17(11-15(14)2)28-20(30)9-10-26-22(31)21-18(24)12-27-23(29-21)32-13-16-5-3-4-6-19(16)25/h3-8,11-12H,9-10,13H2,1-2H3,(H,26,31)(H,28,30). The normalized spacial score (nSPS) is 10.6. The summed E-state index contributed by atoms with van der Waals surface area (Å²) < 4.78 is 0.483. The third-order valence-corrected chi connectivity index (χ3v) is 6.54. The van der Waals surface area contributed by atoms with Crippen LogP contribution in [0.25, 0.3) is 0 Å². The number of aromatic nitrogens is 2. The second-order valence-electron chi connectivity index (χ2n) is 7.08. The number of nitrogens with zero attached hydrogens (tertiary/aromatic N) is 2. The number of hydrogen-bond donors (Lipinski definition) is 2. The Labute approximate surface area is 204 Å². The fourth-order valence-corrected chi connectivity index (χ4v) is 4.23. The molecule has 2 amide bonds. The van der Waals surface area contributed by atoms with Crippen molar-refractivity contribution in [3.8, 4) is 0 Å². The van der Waals surface area contributed by atoms with Gasteiger partial charge in [0.2, 0.25) is 5.91 Å². The van der Waals surface area contributed by atoms with Gasteiger partial charge in [-0.15, -0.1) is 0 Å². The lowest BCUT2D eigenvalue weighted by Gasteiger charge is -2.09. The molecule has 1 aromatic heterocycles. The zero-order chi connectivity index (χ0) is 23.1. The molecule has 0 spiro atoms. The lowest BCUT2D eigenvalue weighted by molar-refractivity contribution is -0.116. The van der Waals surface area contributed by atoms with E-state index in [1.165, 1.54) is 11.8 Å². The van der Waals surface area contributed by atoms with Gasteiger partial charge in [0.05, 0.1) is 4.47 Å². The number of hydrogen-bond acceptors (Lipinski definition) is 5. The number of benzene rings is 2. The Balaban J connectivity index is 1.53. The molecule has 166 valence electrons. The molecule has 6 nitrogen and oxygen atoms in total. The van der Waals surface area contributed by atoms with Crippen molar-refractivity contribution in [3.05, 3.63) is 80.5 Å². The molecule has 1 heterocycles. The van der Waals surface area contributed by atoms with E-state index in [9.17, 15) is 9.59 Å². The average molecular weight is 534 g/mol. The summed E-state index contributed by atoms with van der Waals surface area (Å²) in [4.78, 5) is 33.4. The molecule has 9 heteroatoms. The first-order chi connectivity index (χ1) is 15.3. The molecule has 32 heavy (non-hydrogen) atoms. The van der Waals surface area contributed by atoms with Gasteiger partial charge in [-0.05, 0) is 64.7 Å². The quantitative estimate of drug-likeness (QED) is 0.292. The van der Waals surface area contributed by atoms with Crippen LogP contribution in [-0.2, 0) is 10.5 Å². The van der Waals surface area contributed by atoms with Gasteiger partial charge in [0.15, 0.2) is 5.16 Å². The van der Waals surface area contributed by atoms with Crippen molar-refractivity contribution in [2.24, 2.45) is 0 Å². The van der Waals surface area contributed by atoms with E-state index < -0.39 is 0 Å². The fourth-order valence-electron chi connectivity index (χ4n) is 2.75. The van der Waals surface area contributed by atoms with Crippen LogP contribution in [0.2, 0.25) is 5.02 Å². The van der Waals surface area contributed by atoms with Gasteiger partial charge in [0.25, 0.3) is 5.91 Å². The van der Waals surface area contributed by atoms with E-state index in [-0.39, 0.29) is 30.5 Å². The van der Waals surface area contributed by atoms with Crippen LogP contribution in [0.4, 0.5) is 5.69 Å². The fraction of sp³-hybridized carbons (Fsp3) is 0.217. The smallest absolute Gasteiger partial charge is 0.271 e. The summed E-state index contributed by atoms with van der Waals surface area (Å²) in [6, 6.07) is 13.3. The van der Waals surface area contributed by atoms with Crippen LogP contribution >= 0.6 is 39.3 Å². The van der Waals surface area contributed by atoms with E-state index in [1.807, 2.05) is 56.3 Å². The summed E-state index contributed by atoms with van der Waals surface area (Å²) in [7, 11) is 0. The molecule has 0 bridgehead atoms. The van der Waals surface area contributed by atoms with Gasteiger partial charge in [-0.3, -0.25) is 9.59 Å². The molecule has 3 rings (SSSR count). The summed E-state index contributed by atoms with van der Waals surface area (Å²) in [5.74, 6) is 0.0326. The third kappa shape index (κ3) is 6.79. The number of nitrogens with one attached hydrogen (secondary N) is 2. The molecule has 0 saturated carbocycles. The molecular weight excluding hydrogens is 512 g/mol. The average Bonchev–Trinajstić information content (AvgIpc) is 2.76. The van der Waals surface area contributed by atoms with E-state index >= 15 is 0 Å². The minimum Gasteiger partial charge on any atom is -0.350 e. The molecule has 0 saturated heterocycles. The minimum atomic E-state index is -0.377. The van der Waals surface area contributed by atoms with Crippen molar-refractivity contribution in [1.82, 2.24) is 15.3 Å². The first kappa shape index (κ1) is 24.2. The van der Waals surface area contributed by atoms with Crippen LogP contribution in [0.3, 0.4) is 0 Å². The Kier molecular flexibility index (Phi) is 8.67. The zero-order valence-electron chi connectivity index (χ0n) is 17.6. The molecule has 2 N–H and O–H groups in total.